The quantitative estimate of drug-likeness (QED) is 0.726. The molecule has 0 saturated heterocycles. The van der Waals surface area contributed by atoms with E-state index in [1.807, 2.05) is 18.2 Å². The summed E-state index contributed by atoms with van der Waals surface area (Å²) in [6, 6.07) is 10.6. The number of thiazole rings is 1. The summed E-state index contributed by atoms with van der Waals surface area (Å²) in [5.74, 6) is 1.19. The normalized spacial score (nSPS) is 10.8. The fourth-order valence-corrected chi connectivity index (χ4v) is 2.75. The maximum Gasteiger partial charge on any atom is 0.181 e. The Balaban J connectivity index is 1.98. The molecule has 3 nitrogen and oxygen atoms in total. The van der Waals surface area contributed by atoms with Crippen LogP contribution in [0.15, 0.2) is 36.4 Å². The fourth-order valence-electron chi connectivity index (χ4n) is 1.67. The zero-order valence-electron chi connectivity index (χ0n) is 9.56. The van der Waals surface area contributed by atoms with Gasteiger partial charge >= 0.3 is 0 Å². The van der Waals surface area contributed by atoms with Crippen LogP contribution in [0.2, 0.25) is 10.0 Å². The highest BCUT2D eigenvalue weighted by Crippen LogP contribution is 2.34. The molecule has 2 N–H and O–H groups in total. The van der Waals surface area contributed by atoms with Gasteiger partial charge in [0.05, 0.1) is 15.2 Å². The number of ether oxygens (including phenoxy) is 1. The van der Waals surface area contributed by atoms with E-state index in [1.54, 1.807) is 18.2 Å². The van der Waals surface area contributed by atoms with Gasteiger partial charge in [-0.3, -0.25) is 0 Å². The standard InChI is InChI=1S/C13H8Cl2N2OS/c14-7-1-3-9(15)11(5-7)18-8-2-4-10-12(6-8)19-13(16)17-10/h1-6H,(H2,16,17). The zero-order valence-corrected chi connectivity index (χ0v) is 11.9. The molecule has 0 bridgehead atoms. The van der Waals surface area contributed by atoms with Crippen LogP contribution in [0.4, 0.5) is 5.13 Å². The third-order valence-electron chi connectivity index (χ3n) is 2.50. The first-order chi connectivity index (χ1) is 9.11. The van der Waals surface area contributed by atoms with Crippen LogP contribution >= 0.6 is 34.5 Å². The van der Waals surface area contributed by atoms with E-state index in [4.69, 9.17) is 33.7 Å². The van der Waals surface area contributed by atoms with Crippen LogP contribution in [0.3, 0.4) is 0 Å². The summed E-state index contributed by atoms with van der Waals surface area (Å²) in [6.07, 6.45) is 0. The Bertz CT molecular complexity index is 757. The summed E-state index contributed by atoms with van der Waals surface area (Å²) in [5.41, 5.74) is 6.52. The molecule has 3 aromatic rings. The Labute approximate surface area is 123 Å². The Hall–Kier alpha value is -1.49. The maximum atomic E-state index is 6.06. The van der Waals surface area contributed by atoms with Crippen molar-refractivity contribution in [2.75, 3.05) is 5.73 Å². The first kappa shape index (κ1) is 12.5. The lowest BCUT2D eigenvalue weighted by Crippen LogP contribution is -1.85. The van der Waals surface area contributed by atoms with E-state index in [0.29, 0.717) is 26.7 Å². The molecule has 0 spiro atoms. The minimum Gasteiger partial charge on any atom is -0.456 e. The van der Waals surface area contributed by atoms with E-state index in [9.17, 15) is 0 Å². The lowest BCUT2D eigenvalue weighted by Gasteiger charge is -2.07. The van der Waals surface area contributed by atoms with Crippen LogP contribution in [-0.2, 0) is 0 Å². The van der Waals surface area contributed by atoms with Crippen molar-refractivity contribution < 1.29 is 4.74 Å². The fraction of sp³-hybridized carbons (Fsp3) is 0. The summed E-state index contributed by atoms with van der Waals surface area (Å²) >= 11 is 13.4. The van der Waals surface area contributed by atoms with Gasteiger partial charge in [0.2, 0.25) is 0 Å². The van der Waals surface area contributed by atoms with Crippen molar-refractivity contribution in [3.8, 4) is 11.5 Å². The first-order valence-electron chi connectivity index (χ1n) is 5.41. The van der Waals surface area contributed by atoms with E-state index in [0.717, 1.165) is 10.2 Å². The van der Waals surface area contributed by atoms with Crippen LogP contribution in [0.1, 0.15) is 0 Å². The molecular formula is C13H8Cl2N2OS. The second-order valence-electron chi connectivity index (χ2n) is 3.86. The number of nitrogen functional groups attached to an aromatic ring is 1. The molecule has 2 aromatic carbocycles. The lowest BCUT2D eigenvalue weighted by molar-refractivity contribution is 0.484. The van der Waals surface area contributed by atoms with Gasteiger partial charge in [-0.05, 0) is 24.3 Å². The molecule has 0 aliphatic rings. The monoisotopic (exact) mass is 310 g/mol. The average molecular weight is 311 g/mol. The van der Waals surface area contributed by atoms with Crippen molar-refractivity contribution in [2.24, 2.45) is 0 Å². The molecule has 0 aliphatic carbocycles. The van der Waals surface area contributed by atoms with Crippen molar-refractivity contribution in [1.82, 2.24) is 4.98 Å². The number of nitrogens with zero attached hydrogens (tertiary/aromatic N) is 1. The number of rotatable bonds is 2. The van der Waals surface area contributed by atoms with Gasteiger partial charge in [0.1, 0.15) is 11.5 Å². The number of halogens is 2. The van der Waals surface area contributed by atoms with Gasteiger partial charge in [-0.2, -0.15) is 0 Å². The van der Waals surface area contributed by atoms with Crippen molar-refractivity contribution in [1.29, 1.82) is 0 Å². The van der Waals surface area contributed by atoms with E-state index < -0.39 is 0 Å². The minimum absolute atomic E-state index is 0.508. The molecule has 0 atom stereocenters. The first-order valence-corrected chi connectivity index (χ1v) is 6.98. The summed E-state index contributed by atoms with van der Waals surface area (Å²) in [6.45, 7) is 0. The molecule has 19 heavy (non-hydrogen) atoms. The average Bonchev–Trinajstić information content (AvgIpc) is 2.73. The van der Waals surface area contributed by atoms with E-state index in [2.05, 4.69) is 4.98 Å². The third kappa shape index (κ3) is 2.61. The van der Waals surface area contributed by atoms with Crippen LogP contribution in [0.5, 0.6) is 11.5 Å². The largest absolute Gasteiger partial charge is 0.456 e. The Kier molecular flexibility index (Phi) is 3.22. The highest BCUT2D eigenvalue weighted by Gasteiger charge is 2.07. The van der Waals surface area contributed by atoms with E-state index in [-0.39, 0.29) is 0 Å². The van der Waals surface area contributed by atoms with Crippen LogP contribution in [0, 0.1) is 0 Å². The van der Waals surface area contributed by atoms with Gasteiger partial charge in [0, 0.05) is 17.2 Å². The number of anilines is 1. The van der Waals surface area contributed by atoms with Crippen LogP contribution in [-0.4, -0.2) is 4.98 Å². The zero-order chi connectivity index (χ0) is 13.4. The predicted octanol–water partition coefficient (Wildman–Crippen LogP) is 4.98. The molecular weight excluding hydrogens is 303 g/mol. The number of aromatic nitrogens is 1. The number of hydrogen-bond acceptors (Lipinski definition) is 4. The smallest absolute Gasteiger partial charge is 0.181 e. The number of benzene rings is 2. The number of nitrogens with two attached hydrogens (primary N) is 1. The molecule has 0 fully saturated rings. The molecule has 0 amide bonds. The minimum atomic E-state index is 0.508. The Morgan fingerprint density at radius 2 is 1.95 bits per heavy atom. The summed E-state index contributed by atoms with van der Waals surface area (Å²) in [5, 5.41) is 1.61. The van der Waals surface area contributed by atoms with Gasteiger partial charge in [0.25, 0.3) is 0 Å². The van der Waals surface area contributed by atoms with E-state index >= 15 is 0 Å². The molecule has 0 saturated carbocycles. The molecule has 0 unspecified atom stereocenters. The summed E-state index contributed by atoms with van der Waals surface area (Å²) in [4.78, 5) is 4.19. The van der Waals surface area contributed by atoms with Gasteiger partial charge in [-0.25, -0.2) is 4.98 Å². The second kappa shape index (κ2) is 4.89. The van der Waals surface area contributed by atoms with Crippen molar-refractivity contribution in [3.05, 3.63) is 46.4 Å². The second-order valence-corrected chi connectivity index (χ2v) is 5.76. The molecule has 6 heteroatoms. The predicted molar refractivity (Wildman–Crippen MR) is 80.6 cm³/mol. The Morgan fingerprint density at radius 3 is 2.79 bits per heavy atom. The van der Waals surface area contributed by atoms with Crippen molar-refractivity contribution >= 4 is 49.9 Å². The van der Waals surface area contributed by atoms with Gasteiger partial charge in [-0.1, -0.05) is 34.5 Å². The van der Waals surface area contributed by atoms with Crippen LogP contribution in [0.25, 0.3) is 10.2 Å². The highest BCUT2D eigenvalue weighted by atomic mass is 35.5. The van der Waals surface area contributed by atoms with Gasteiger partial charge < -0.3 is 10.5 Å². The molecule has 96 valence electrons. The molecule has 0 radical (unpaired) electrons. The summed E-state index contributed by atoms with van der Waals surface area (Å²) in [7, 11) is 0. The molecule has 3 rings (SSSR count). The number of hydrogen-bond donors (Lipinski definition) is 1. The topological polar surface area (TPSA) is 48.1 Å². The SMILES string of the molecule is Nc1nc2ccc(Oc3cc(Cl)ccc3Cl)cc2s1. The van der Waals surface area contributed by atoms with Gasteiger partial charge in [-0.15, -0.1) is 0 Å². The molecule has 1 aromatic heterocycles. The maximum absolute atomic E-state index is 6.06. The highest BCUT2D eigenvalue weighted by molar-refractivity contribution is 7.22. The molecule has 1 heterocycles. The summed E-state index contributed by atoms with van der Waals surface area (Å²) < 4.78 is 6.69. The Morgan fingerprint density at radius 1 is 1.11 bits per heavy atom. The third-order valence-corrected chi connectivity index (χ3v) is 3.89. The molecule has 0 aliphatic heterocycles. The van der Waals surface area contributed by atoms with Gasteiger partial charge in [0.15, 0.2) is 5.13 Å². The van der Waals surface area contributed by atoms with Crippen LogP contribution < -0.4 is 10.5 Å². The van der Waals surface area contributed by atoms with E-state index in [1.165, 1.54) is 11.3 Å². The van der Waals surface area contributed by atoms with Crippen molar-refractivity contribution in [2.45, 2.75) is 0 Å². The van der Waals surface area contributed by atoms with Crippen molar-refractivity contribution in [3.63, 3.8) is 0 Å². The number of fused-ring (bicyclic) bond motifs is 1. The lowest BCUT2D eigenvalue weighted by atomic mass is 10.3.